The van der Waals surface area contributed by atoms with E-state index in [1.54, 1.807) is 4.68 Å². The summed E-state index contributed by atoms with van der Waals surface area (Å²) >= 11 is 5.87. The van der Waals surface area contributed by atoms with E-state index in [0.717, 1.165) is 11.4 Å². The van der Waals surface area contributed by atoms with Gasteiger partial charge in [-0.3, -0.25) is 0 Å². The van der Waals surface area contributed by atoms with Crippen LogP contribution in [-0.4, -0.2) is 38.0 Å². The van der Waals surface area contributed by atoms with Gasteiger partial charge in [0.1, 0.15) is 0 Å². The number of ether oxygens (including phenoxy) is 1. The zero-order valence-electron chi connectivity index (χ0n) is 13.9. The van der Waals surface area contributed by atoms with E-state index < -0.39 is 6.10 Å². The van der Waals surface area contributed by atoms with Gasteiger partial charge < -0.3 is 9.84 Å². The molecule has 126 valence electrons. The predicted octanol–water partition coefficient (Wildman–Crippen LogP) is 2.76. The maximum absolute atomic E-state index is 10.2. The van der Waals surface area contributed by atoms with Crippen molar-refractivity contribution in [2.45, 2.75) is 51.9 Å². The Hall–Kier alpha value is -1.50. The molecule has 0 fully saturated rings. The molecule has 7 heteroatoms. The topological polar surface area (TPSA) is 73.1 Å². The van der Waals surface area contributed by atoms with E-state index in [1.165, 1.54) is 0 Å². The van der Waals surface area contributed by atoms with Crippen molar-refractivity contribution < 1.29 is 9.84 Å². The van der Waals surface area contributed by atoms with Crippen LogP contribution in [0.2, 0.25) is 5.02 Å². The third-order valence-electron chi connectivity index (χ3n) is 3.46. The van der Waals surface area contributed by atoms with Crippen molar-refractivity contribution in [2.75, 3.05) is 6.61 Å². The number of hydrogen-bond donors (Lipinski definition) is 1. The highest BCUT2D eigenvalue weighted by molar-refractivity contribution is 6.30. The summed E-state index contributed by atoms with van der Waals surface area (Å²) in [6.45, 7) is 8.52. The fraction of sp³-hybridized carbons (Fsp3) is 0.562. The van der Waals surface area contributed by atoms with E-state index >= 15 is 0 Å². The molecule has 2 aromatic rings. The normalized spacial score (nSPS) is 14.7. The zero-order chi connectivity index (χ0) is 17.0. The summed E-state index contributed by atoms with van der Waals surface area (Å²) in [5.74, 6) is 0.738. The van der Waals surface area contributed by atoms with Crippen molar-refractivity contribution in [3.8, 4) is 0 Å². The van der Waals surface area contributed by atoms with Crippen LogP contribution in [0.3, 0.4) is 0 Å². The molecule has 0 amide bonds. The van der Waals surface area contributed by atoms with E-state index in [0.29, 0.717) is 11.6 Å². The van der Waals surface area contributed by atoms with Gasteiger partial charge in [-0.2, -0.15) is 0 Å². The molecular weight excluding hydrogens is 316 g/mol. The molecular formula is C16H23ClN4O2. The molecule has 1 N–H and O–H groups in total. The summed E-state index contributed by atoms with van der Waals surface area (Å²) in [6.07, 6.45) is -0.813. The molecule has 1 aromatic heterocycles. The van der Waals surface area contributed by atoms with Crippen LogP contribution in [-0.2, 0) is 16.7 Å². The molecule has 23 heavy (non-hydrogen) atoms. The molecule has 6 nitrogen and oxygen atoms in total. The predicted molar refractivity (Wildman–Crippen MR) is 88.3 cm³/mol. The lowest BCUT2D eigenvalue weighted by Crippen LogP contribution is -2.27. The fourth-order valence-electron chi connectivity index (χ4n) is 2.20. The summed E-state index contributed by atoms with van der Waals surface area (Å²) in [5.41, 5.74) is 0.833. The number of halogens is 1. The van der Waals surface area contributed by atoms with Gasteiger partial charge in [0, 0.05) is 10.4 Å². The third-order valence-corrected chi connectivity index (χ3v) is 3.72. The Morgan fingerprint density at radius 2 is 1.91 bits per heavy atom. The van der Waals surface area contributed by atoms with Gasteiger partial charge in [-0.25, -0.2) is 4.68 Å². The van der Waals surface area contributed by atoms with Crippen molar-refractivity contribution in [3.63, 3.8) is 0 Å². The van der Waals surface area contributed by atoms with Crippen molar-refractivity contribution in [1.29, 1.82) is 0 Å². The molecule has 1 aromatic carbocycles. The summed E-state index contributed by atoms with van der Waals surface area (Å²) in [6, 6.07) is 7.48. The van der Waals surface area contributed by atoms with Crippen molar-refractivity contribution in [1.82, 2.24) is 20.2 Å². The van der Waals surface area contributed by atoms with Crippen LogP contribution in [0.1, 0.15) is 45.2 Å². The summed E-state index contributed by atoms with van der Waals surface area (Å²) < 4.78 is 7.35. The first-order chi connectivity index (χ1) is 10.8. The molecule has 0 aliphatic carbocycles. The quantitative estimate of drug-likeness (QED) is 0.876. The summed E-state index contributed by atoms with van der Waals surface area (Å²) in [5, 5.41) is 22.5. The molecule has 0 saturated carbocycles. The van der Waals surface area contributed by atoms with Gasteiger partial charge in [0.2, 0.25) is 0 Å². The Balaban J connectivity index is 1.89. The second-order valence-electron chi connectivity index (χ2n) is 6.62. The Morgan fingerprint density at radius 3 is 2.52 bits per heavy atom. The molecule has 0 aliphatic heterocycles. The average molecular weight is 339 g/mol. The van der Waals surface area contributed by atoms with Crippen molar-refractivity contribution in [2.24, 2.45) is 0 Å². The number of nitrogens with zero attached hydrogens (tertiary/aromatic N) is 4. The first kappa shape index (κ1) is 17.8. The van der Waals surface area contributed by atoms with Gasteiger partial charge in [0.25, 0.3) is 0 Å². The highest BCUT2D eigenvalue weighted by Gasteiger charge is 2.23. The maximum Gasteiger partial charge on any atom is 0.156 e. The fourth-order valence-corrected chi connectivity index (χ4v) is 2.33. The lowest BCUT2D eigenvalue weighted by Gasteiger charge is -2.20. The Kier molecular flexibility index (Phi) is 5.73. The van der Waals surface area contributed by atoms with E-state index in [2.05, 4.69) is 15.5 Å². The number of hydrogen-bond acceptors (Lipinski definition) is 5. The number of tetrazole rings is 1. The summed E-state index contributed by atoms with van der Waals surface area (Å²) in [7, 11) is 0. The third kappa shape index (κ3) is 4.99. The van der Waals surface area contributed by atoms with E-state index in [1.807, 2.05) is 52.0 Å². The second-order valence-corrected chi connectivity index (χ2v) is 7.05. The number of aromatic nitrogens is 4. The van der Waals surface area contributed by atoms with Crippen LogP contribution in [0.15, 0.2) is 24.3 Å². The maximum atomic E-state index is 10.2. The van der Waals surface area contributed by atoms with Gasteiger partial charge in [-0.1, -0.05) is 44.5 Å². The smallest absolute Gasteiger partial charge is 0.156 e. The van der Waals surface area contributed by atoms with Crippen LogP contribution in [0.5, 0.6) is 0 Å². The molecule has 2 rings (SSSR count). The number of rotatable bonds is 6. The molecule has 0 spiro atoms. The lowest BCUT2D eigenvalue weighted by atomic mass is 9.96. The SMILES string of the molecule is CC(OCC(O)Cn1nnnc1C(C)(C)C)c1ccc(Cl)cc1. The number of benzene rings is 1. The van der Waals surface area contributed by atoms with Gasteiger partial charge in [-0.05, 0) is 35.0 Å². The highest BCUT2D eigenvalue weighted by atomic mass is 35.5. The Bertz CT molecular complexity index is 622. The van der Waals surface area contributed by atoms with E-state index in [-0.39, 0.29) is 18.1 Å². The molecule has 1 heterocycles. The largest absolute Gasteiger partial charge is 0.389 e. The molecule has 0 aliphatic rings. The molecule has 0 bridgehead atoms. The van der Waals surface area contributed by atoms with Crippen LogP contribution in [0.4, 0.5) is 0 Å². The van der Waals surface area contributed by atoms with Gasteiger partial charge >= 0.3 is 0 Å². The van der Waals surface area contributed by atoms with Gasteiger partial charge in [0.15, 0.2) is 5.82 Å². The monoisotopic (exact) mass is 338 g/mol. The van der Waals surface area contributed by atoms with Gasteiger partial charge in [-0.15, -0.1) is 5.10 Å². The first-order valence-corrected chi connectivity index (χ1v) is 7.97. The van der Waals surface area contributed by atoms with Crippen LogP contribution in [0, 0.1) is 0 Å². The van der Waals surface area contributed by atoms with Crippen LogP contribution >= 0.6 is 11.6 Å². The van der Waals surface area contributed by atoms with E-state index in [9.17, 15) is 5.11 Å². The minimum absolute atomic E-state index is 0.127. The van der Waals surface area contributed by atoms with Gasteiger partial charge in [0.05, 0.1) is 25.4 Å². The molecule has 2 unspecified atom stereocenters. The molecule has 0 saturated heterocycles. The Morgan fingerprint density at radius 1 is 1.26 bits per heavy atom. The van der Waals surface area contributed by atoms with Crippen LogP contribution in [0.25, 0.3) is 0 Å². The Labute approximate surface area is 141 Å². The van der Waals surface area contributed by atoms with Crippen molar-refractivity contribution >= 4 is 11.6 Å². The van der Waals surface area contributed by atoms with Crippen LogP contribution < -0.4 is 0 Å². The zero-order valence-corrected chi connectivity index (χ0v) is 14.7. The first-order valence-electron chi connectivity index (χ1n) is 7.59. The lowest BCUT2D eigenvalue weighted by molar-refractivity contribution is -0.0107. The minimum atomic E-state index is -0.686. The van der Waals surface area contributed by atoms with Crippen molar-refractivity contribution in [3.05, 3.63) is 40.7 Å². The molecule has 2 atom stereocenters. The summed E-state index contributed by atoms with van der Waals surface area (Å²) in [4.78, 5) is 0. The standard InChI is InChI=1S/C16H23ClN4O2/c1-11(12-5-7-13(17)8-6-12)23-10-14(22)9-21-15(16(2,3)4)18-19-20-21/h5-8,11,14,22H,9-10H2,1-4H3. The molecule has 0 radical (unpaired) electrons. The number of aliphatic hydroxyl groups is 1. The number of aliphatic hydroxyl groups excluding tert-OH is 1. The average Bonchev–Trinajstić information content (AvgIpc) is 2.93. The minimum Gasteiger partial charge on any atom is -0.389 e. The highest BCUT2D eigenvalue weighted by Crippen LogP contribution is 2.20. The van der Waals surface area contributed by atoms with E-state index in [4.69, 9.17) is 16.3 Å². The second kappa shape index (κ2) is 7.38.